The molecular formula is C26H39NO2. The summed E-state index contributed by atoms with van der Waals surface area (Å²) in [6.07, 6.45) is 15.5. The van der Waals surface area contributed by atoms with E-state index in [1.54, 1.807) is 0 Å². The highest BCUT2D eigenvalue weighted by Crippen LogP contribution is 2.47. The van der Waals surface area contributed by atoms with E-state index in [4.69, 9.17) is 4.74 Å². The number of Topliss-reactive ketones (excluding diaryl/α,β-unsaturated/α-hetero) is 1. The number of unbranched alkanes of at least 4 members (excludes halogenated alkanes) is 3. The van der Waals surface area contributed by atoms with Gasteiger partial charge < -0.3 is 10.1 Å². The van der Waals surface area contributed by atoms with Gasteiger partial charge in [-0.05, 0) is 49.7 Å². The van der Waals surface area contributed by atoms with Crippen molar-refractivity contribution < 1.29 is 9.53 Å². The highest BCUT2D eigenvalue weighted by Gasteiger charge is 2.42. The summed E-state index contributed by atoms with van der Waals surface area (Å²) in [6.45, 7) is 3.08. The van der Waals surface area contributed by atoms with Gasteiger partial charge in [0, 0.05) is 42.7 Å². The predicted molar refractivity (Wildman–Crippen MR) is 119 cm³/mol. The summed E-state index contributed by atoms with van der Waals surface area (Å²) in [7, 11) is 0. The van der Waals surface area contributed by atoms with Crippen LogP contribution in [0.4, 0.5) is 5.69 Å². The topological polar surface area (TPSA) is 38.3 Å². The summed E-state index contributed by atoms with van der Waals surface area (Å²) in [5, 5.41) is 3.93. The minimum absolute atomic E-state index is 0.214. The number of rotatable bonds is 8. The Morgan fingerprint density at radius 3 is 2.76 bits per heavy atom. The molecule has 1 saturated carbocycles. The minimum atomic E-state index is 0.214. The van der Waals surface area contributed by atoms with E-state index in [0.29, 0.717) is 24.2 Å². The highest BCUT2D eigenvalue weighted by molar-refractivity contribution is 5.81. The molecule has 3 aliphatic rings. The molecule has 2 heterocycles. The van der Waals surface area contributed by atoms with Crippen molar-refractivity contribution in [3.63, 3.8) is 0 Å². The van der Waals surface area contributed by atoms with Gasteiger partial charge in [0.25, 0.3) is 0 Å². The SMILES string of the molecule is CCCCCCC(=O)Cc1ccc2c(c1)[C@H]1OCCC[C@H]1[C@H](C1CCCCC1)N2. The van der Waals surface area contributed by atoms with Crippen LogP contribution in [0, 0.1) is 11.8 Å². The van der Waals surface area contributed by atoms with E-state index >= 15 is 0 Å². The monoisotopic (exact) mass is 397 g/mol. The Balaban J connectivity index is 1.46. The third-order valence-corrected chi connectivity index (χ3v) is 7.44. The van der Waals surface area contributed by atoms with Gasteiger partial charge in [-0.1, -0.05) is 57.6 Å². The van der Waals surface area contributed by atoms with Crippen LogP contribution in [0.1, 0.15) is 101 Å². The van der Waals surface area contributed by atoms with Gasteiger partial charge in [0.05, 0.1) is 6.10 Å². The molecule has 1 aliphatic carbocycles. The first-order valence-electron chi connectivity index (χ1n) is 12.3. The molecule has 1 saturated heterocycles. The Hall–Kier alpha value is -1.35. The number of carbonyl (C=O) groups is 1. The number of nitrogens with one attached hydrogen (secondary N) is 1. The van der Waals surface area contributed by atoms with Crippen LogP contribution >= 0.6 is 0 Å². The molecule has 29 heavy (non-hydrogen) atoms. The third-order valence-electron chi connectivity index (χ3n) is 7.44. The smallest absolute Gasteiger partial charge is 0.137 e. The molecule has 0 unspecified atom stereocenters. The number of benzene rings is 1. The third kappa shape index (κ3) is 5.05. The summed E-state index contributed by atoms with van der Waals surface area (Å²) < 4.78 is 6.36. The molecule has 0 radical (unpaired) electrons. The normalized spacial score (nSPS) is 27.0. The molecule has 0 spiro atoms. The first kappa shape index (κ1) is 20.9. The van der Waals surface area contributed by atoms with Crippen LogP contribution in [0.2, 0.25) is 0 Å². The van der Waals surface area contributed by atoms with E-state index in [1.807, 2.05) is 0 Å². The van der Waals surface area contributed by atoms with Crippen molar-refractivity contribution in [3.8, 4) is 0 Å². The van der Waals surface area contributed by atoms with Gasteiger partial charge in [-0.3, -0.25) is 4.79 Å². The molecule has 1 N–H and O–H groups in total. The van der Waals surface area contributed by atoms with E-state index in [1.165, 1.54) is 75.5 Å². The Labute approximate surface area is 177 Å². The highest BCUT2D eigenvalue weighted by atomic mass is 16.5. The molecule has 0 aromatic heterocycles. The number of anilines is 1. The van der Waals surface area contributed by atoms with Gasteiger partial charge in [-0.25, -0.2) is 0 Å². The first-order chi connectivity index (χ1) is 14.3. The van der Waals surface area contributed by atoms with Gasteiger partial charge in [-0.2, -0.15) is 0 Å². The summed E-state index contributed by atoms with van der Waals surface area (Å²) in [5.41, 5.74) is 3.72. The Bertz CT molecular complexity index is 679. The van der Waals surface area contributed by atoms with Gasteiger partial charge in [0.1, 0.15) is 5.78 Å². The summed E-state index contributed by atoms with van der Waals surface area (Å²) in [5.74, 6) is 1.75. The van der Waals surface area contributed by atoms with Crippen LogP contribution in [0.15, 0.2) is 18.2 Å². The fourth-order valence-electron chi connectivity index (χ4n) is 5.89. The Morgan fingerprint density at radius 1 is 1.07 bits per heavy atom. The molecule has 0 amide bonds. The van der Waals surface area contributed by atoms with E-state index in [0.717, 1.165) is 30.9 Å². The average Bonchev–Trinajstić information content (AvgIpc) is 2.77. The second kappa shape index (κ2) is 10.1. The number of ketones is 1. The number of ether oxygens (including phenoxy) is 1. The first-order valence-corrected chi connectivity index (χ1v) is 12.3. The fourth-order valence-corrected chi connectivity index (χ4v) is 5.89. The van der Waals surface area contributed by atoms with Crippen LogP contribution in [0.5, 0.6) is 0 Å². The number of hydrogen-bond acceptors (Lipinski definition) is 3. The molecule has 0 bridgehead atoms. The van der Waals surface area contributed by atoms with Gasteiger partial charge in [-0.15, -0.1) is 0 Å². The van der Waals surface area contributed by atoms with Crippen LogP contribution in [-0.4, -0.2) is 18.4 Å². The van der Waals surface area contributed by atoms with Crippen molar-refractivity contribution in [1.82, 2.24) is 0 Å². The van der Waals surface area contributed by atoms with E-state index in [2.05, 4.69) is 30.4 Å². The van der Waals surface area contributed by atoms with Gasteiger partial charge >= 0.3 is 0 Å². The van der Waals surface area contributed by atoms with Crippen molar-refractivity contribution in [2.45, 2.75) is 103 Å². The minimum Gasteiger partial charge on any atom is -0.381 e. The van der Waals surface area contributed by atoms with E-state index in [-0.39, 0.29) is 6.10 Å². The van der Waals surface area contributed by atoms with Gasteiger partial charge in [0.2, 0.25) is 0 Å². The summed E-state index contributed by atoms with van der Waals surface area (Å²) >= 11 is 0. The molecule has 1 aromatic rings. The zero-order valence-electron chi connectivity index (χ0n) is 18.3. The van der Waals surface area contributed by atoms with Crippen LogP contribution < -0.4 is 5.32 Å². The number of fused-ring (bicyclic) bond motifs is 3. The predicted octanol–water partition coefficient (Wildman–Crippen LogP) is 6.61. The van der Waals surface area contributed by atoms with E-state index < -0.39 is 0 Å². The van der Waals surface area contributed by atoms with Crippen molar-refractivity contribution in [3.05, 3.63) is 29.3 Å². The molecule has 4 rings (SSSR count). The zero-order valence-corrected chi connectivity index (χ0v) is 18.3. The van der Waals surface area contributed by atoms with Crippen LogP contribution in [0.25, 0.3) is 0 Å². The Morgan fingerprint density at radius 2 is 1.93 bits per heavy atom. The van der Waals surface area contributed by atoms with Crippen LogP contribution in [0.3, 0.4) is 0 Å². The maximum Gasteiger partial charge on any atom is 0.137 e. The van der Waals surface area contributed by atoms with Crippen molar-refractivity contribution >= 4 is 11.5 Å². The number of hydrogen-bond donors (Lipinski definition) is 1. The maximum absolute atomic E-state index is 12.4. The lowest BCUT2D eigenvalue weighted by molar-refractivity contribution is -0.118. The molecule has 3 atom stereocenters. The largest absolute Gasteiger partial charge is 0.381 e. The molecule has 1 aromatic carbocycles. The lowest BCUT2D eigenvalue weighted by atomic mass is 9.71. The van der Waals surface area contributed by atoms with Crippen LogP contribution in [-0.2, 0) is 16.0 Å². The second-order valence-corrected chi connectivity index (χ2v) is 9.61. The fraction of sp³-hybridized carbons (Fsp3) is 0.731. The maximum atomic E-state index is 12.4. The molecule has 3 nitrogen and oxygen atoms in total. The molecule has 3 heteroatoms. The van der Waals surface area contributed by atoms with Crippen molar-refractivity contribution in [2.75, 3.05) is 11.9 Å². The lowest BCUT2D eigenvalue weighted by Gasteiger charge is -2.47. The molecule has 2 aliphatic heterocycles. The summed E-state index contributed by atoms with van der Waals surface area (Å²) in [6, 6.07) is 7.21. The zero-order chi connectivity index (χ0) is 20.1. The lowest BCUT2D eigenvalue weighted by Crippen LogP contribution is -2.46. The Kier molecular flexibility index (Phi) is 7.29. The number of carbonyl (C=O) groups excluding carboxylic acids is 1. The second-order valence-electron chi connectivity index (χ2n) is 9.61. The standard InChI is InChI=1S/C26H39NO2/c1-2-3-4-8-12-21(28)17-19-14-15-24-23(18-19)26-22(13-9-16-29-26)25(27-24)20-10-6-5-7-11-20/h14-15,18,20,22,25-27H,2-13,16-17H2,1H3/t22-,25-,26-/m0/s1. The van der Waals surface area contributed by atoms with Gasteiger partial charge in [0.15, 0.2) is 0 Å². The quantitative estimate of drug-likeness (QED) is 0.502. The molecule has 160 valence electrons. The van der Waals surface area contributed by atoms with Crippen molar-refractivity contribution in [2.24, 2.45) is 11.8 Å². The van der Waals surface area contributed by atoms with E-state index in [9.17, 15) is 4.79 Å². The van der Waals surface area contributed by atoms with Crippen molar-refractivity contribution in [1.29, 1.82) is 0 Å². The average molecular weight is 398 g/mol. The molecule has 2 fully saturated rings. The molecular weight excluding hydrogens is 358 g/mol. The summed E-state index contributed by atoms with van der Waals surface area (Å²) in [4.78, 5) is 12.4.